The topological polar surface area (TPSA) is 41.1 Å². The number of rotatable bonds is 7. The number of nitrogens with one attached hydrogen (secondary N) is 2. The van der Waals surface area contributed by atoms with E-state index in [1.54, 1.807) is 0 Å². The summed E-state index contributed by atoms with van der Waals surface area (Å²) in [6.07, 6.45) is 8.71. The van der Waals surface area contributed by atoms with E-state index in [4.69, 9.17) is 0 Å². The first kappa shape index (κ1) is 14.5. The molecule has 100 valence electrons. The van der Waals surface area contributed by atoms with Crippen LogP contribution in [0.4, 0.5) is 0 Å². The van der Waals surface area contributed by atoms with Gasteiger partial charge < -0.3 is 10.6 Å². The lowest BCUT2D eigenvalue weighted by molar-refractivity contribution is -0.126. The Morgan fingerprint density at radius 1 is 1.18 bits per heavy atom. The second kappa shape index (κ2) is 8.51. The van der Waals surface area contributed by atoms with Gasteiger partial charge in [0.25, 0.3) is 0 Å². The number of hydrogen-bond acceptors (Lipinski definition) is 2. The minimum atomic E-state index is 0.272. The highest BCUT2D eigenvalue weighted by Crippen LogP contribution is 2.31. The molecule has 0 aliphatic heterocycles. The van der Waals surface area contributed by atoms with Crippen LogP contribution in [0.5, 0.6) is 0 Å². The first-order valence-electron chi connectivity index (χ1n) is 7.20. The maximum Gasteiger partial charge on any atom is 0.223 e. The van der Waals surface area contributed by atoms with Gasteiger partial charge >= 0.3 is 0 Å². The number of amides is 1. The zero-order chi connectivity index (χ0) is 12.5. The van der Waals surface area contributed by atoms with Crippen molar-refractivity contribution in [2.75, 3.05) is 20.1 Å². The van der Waals surface area contributed by atoms with E-state index >= 15 is 0 Å². The van der Waals surface area contributed by atoms with Gasteiger partial charge in [-0.3, -0.25) is 4.79 Å². The lowest BCUT2D eigenvalue weighted by Gasteiger charge is -2.27. The van der Waals surface area contributed by atoms with Crippen molar-refractivity contribution in [3.8, 4) is 0 Å². The van der Waals surface area contributed by atoms with Crippen molar-refractivity contribution in [3.63, 3.8) is 0 Å². The van der Waals surface area contributed by atoms with Crippen LogP contribution in [0.15, 0.2) is 0 Å². The van der Waals surface area contributed by atoms with Gasteiger partial charge in [-0.15, -0.1) is 0 Å². The summed E-state index contributed by atoms with van der Waals surface area (Å²) >= 11 is 0. The third-order valence-corrected chi connectivity index (χ3v) is 3.86. The van der Waals surface area contributed by atoms with Crippen LogP contribution in [0, 0.1) is 11.8 Å². The Hall–Kier alpha value is -0.570. The lowest BCUT2D eigenvalue weighted by Crippen LogP contribution is -2.36. The predicted molar refractivity (Wildman–Crippen MR) is 71.9 cm³/mol. The summed E-state index contributed by atoms with van der Waals surface area (Å²) < 4.78 is 0. The van der Waals surface area contributed by atoms with Gasteiger partial charge in [0.2, 0.25) is 5.91 Å². The Labute approximate surface area is 106 Å². The smallest absolute Gasteiger partial charge is 0.223 e. The summed E-state index contributed by atoms with van der Waals surface area (Å²) in [6, 6.07) is 0. The number of carbonyl (C=O) groups excluding carboxylic acids is 1. The molecule has 0 unspecified atom stereocenters. The molecule has 17 heavy (non-hydrogen) atoms. The molecule has 0 aromatic rings. The molecular weight excluding hydrogens is 212 g/mol. The Bertz CT molecular complexity index is 210. The van der Waals surface area contributed by atoms with Crippen molar-refractivity contribution >= 4 is 5.91 Å². The van der Waals surface area contributed by atoms with Crippen LogP contribution in [0.3, 0.4) is 0 Å². The first-order chi connectivity index (χ1) is 8.27. The highest BCUT2D eigenvalue weighted by atomic mass is 16.1. The van der Waals surface area contributed by atoms with Gasteiger partial charge in [0.05, 0.1) is 0 Å². The van der Waals surface area contributed by atoms with E-state index in [-0.39, 0.29) is 11.8 Å². The van der Waals surface area contributed by atoms with Gasteiger partial charge in [-0.25, -0.2) is 0 Å². The first-order valence-corrected chi connectivity index (χ1v) is 7.20. The van der Waals surface area contributed by atoms with Crippen molar-refractivity contribution in [3.05, 3.63) is 0 Å². The zero-order valence-electron chi connectivity index (χ0n) is 11.4. The second-order valence-electron chi connectivity index (χ2n) is 5.25. The maximum atomic E-state index is 11.9. The van der Waals surface area contributed by atoms with Crippen molar-refractivity contribution in [1.29, 1.82) is 0 Å². The molecule has 1 saturated carbocycles. The number of likely N-dealkylation sites (N-methyl/N-ethyl adjacent to an activating group) is 1. The lowest BCUT2D eigenvalue weighted by atomic mass is 9.79. The van der Waals surface area contributed by atoms with Crippen molar-refractivity contribution in [2.24, 2.45) is 11.8 Å². The molecule has 3 heteroatoms. The molecule has 1 fully saturated rings. The summed E-state index contributed by atoms with van der Waals surface area (Å²) in [6.45, 7) is 3.86. The van der Waals surface area contributed by atoms with Crippen LogP contribution >= 0.6 is 0 Å². The summed E-state index contributed by atoms with van der Waals surface area (Å²) in [5.41, 5.74) is 0. The quantitative estimate of drug-likeness (QED) is 0.671. The fourth-order valence-corrected chi connectivity index (χ4v) is 2.66. The van der Waals surface area contributed by atoms with Gasteiger partial charge in [0.1, 0.15) is 0 Å². The van der Waals surface area contributed by atoms with Gasteiger partial charge in [-0.1, -0.05) is 26.2 Å². The Balaban J connectivity index is 2.15. The van der Waals surface area contributed by atoms with E-state index in [2.05, 4.69) is 17.6 Å². The highest BCUT2D eigenvalue weighted by molar-refractivity contribution is 5.78. The maximum absolute atomic E-state index is 11.9. The molecule has 0 atom stereocenters. The van der Waals surface area contributed by atoms with E-state index in [9.17, 15) is 4.79 Å². The molecule has 0 aromatic heterocycles. The van der Waals surface area contributed by atoms with Crippen molar-refractivity contribution in [2.45, 2.75) is 51.9 Å². The molecule has 0 radical (unpaired) electrons. The van der Waals surface area contributed by atoms with Crippen molar-refractivity contribution in [1.82, 2.24) is 10.6 Å². The standard InChI is InChI=1S/C14H28N2O/c1-3-4-5-12-6-8-13(9-7-12)14(17)16-11-10-15-2/h12-13,15H,3-11H2,1-2H3,(H,16,17). The van der Waals surface area contributed by atoms with Gasteiger partial charge in [0, 0.05) is 19.0 Å². The fraction of sp³-hybridized carbons (Fsp3) is 0.929. The van der Waals surface area contributed by atoms with Crippen LogP contribution in [-0.2, 0) is 4.79 Å². The van der Waals surface area contributed by atoms with Crippen LogP contribution < -0.4 is 10.6 Å². The molecule has 1 aliphatic rings. The molecule has 3 nitrogen and oxygen atoms in total. The Kier molecular flexibility index (Phi) is 7.25. The predicted octanol–water partition coefficient (Wildman–Crippen LogP) is 2.32. The van der Waals surface area contributed by atoms with Crippen LogP contribution in [0.2, 0.25) is 0 Å². The Morgan fingerprint density at radius 3 is 2.47 bits per heavy atom. The fourth-order valence-electron chi connectivity index (χ4n) is 2.66. The summed E-state index contributed by atoms with van der Waals surface area (Å²) in [5, 5.41) is 6.05. The minimum absolute atomic E-state index is 0.272. The Morgan fingerprint density at radius 2 is 1.88 bits per heavy atom. The van der Waals surface area contributed by atoms with E-state index < -0.39 is 0 Å². The number of hydrogen-bond donors (Lipinski definition) is 2. The van der Waals surface area contributed by atoms with Crippen LogP contribution in [0.1, 0.15) is 51.9 Å². The number of unbranched alkanes of at least 4 members (excludes halogenated alkanes) is 1. The zero-order valence-corrected chi connectivity index (χ0v) is 11.4. The molecule has 0 heterocycles. The molecule has 0 spiro atoms. The molecule has 1 rings (SSSR count). The van der Waals surface area contributed by atoms with E-state index in [1.807, 2.05) is 7.05 Å². The third kappa shape index (κ3) is 5.53. The monoisotopic (exact) mass is 240 g/mol. The minimum Gasteiger partial charge on any atom is -0.355 e. The van der Waals surface area contributed by atoms with E-state index in [0.717, 1.165) is 31.8 Å². The molecule has 2 N–H and O–H groups in total. The van der Waals surface area contributed by atoms with Crippen molar-refractivity contribution < 1.29 is 4.79 Å². The summed E-state index contributed by atoms with van der Waals surface area (Å²) in [5.74, 6) is 1.44. The molecule has 1 amide bonds. The average molecular weight is 240 g/mol. The van der Waals surface area contributed by atoms with E-state index in [0.29, 0.717) is 0 Å². The van der Waals surface area contributed by atoms with Gasteiger partial charge in [-0.05, 0) is 38.6 Å². The molecule has 0 bridgehead atoms. The largest absolute Gasteiger partial charge is 0.355 e. The highest BCUT2D eigenvalue weighted by Gasteiger charge is 2.25. The molecule has 0 aromatic carbocycles. The molecule has 0 saturated heterocycles. The molecule has 1 aliphatic carbocycles. The summed E-state index contributed by atoms with van der Waals surface area (Å²) in [4.78, 5) is 11.9. The third-order valence-electron chi connectivity index (χ3n) is 3.86. The number of carbonyl (C=O) groups is 1. The van der Waals surface area contributed by atoms with Crippen LogP contribution in [-0.4, -0.2) is 26.0 Å². The van der Waals surface area contributed by atoms with Crippen LogP contribution in [0.25, 0.3) is 0 Å². The normalized spacial score (nSPS) is 24.6. The molecular formula is C14H28N2O. The SMILES string of the molecule is CCCCC1CCC(C(=O)NCCNC)CC1. The van der Waals surface area contributed by atoms with Gasteiger partial charge in [-0.2, -0.15) is 0 Å². The average Bonchev–Trinajstić information content (AvgIpc) is 2.37. The summed E-state index contributed by atoms with van der Waals surface area (Å²) in [7, 11) is 1.91. The second-order valence-corrected chi connectivity index (χ2v) is 5.25. The van der Waals surface area contributed by atoms with E-state index in [1.165, 1.54) is 32.1 Å². The van der Waals surface area contributed by atoms with Gasteiger partial charge in [0.15, 0.2) is 0 Å².